The second kappa shape index (κ2) is 8.97. The van der Waals surface area contributed by atoms with Crippen LogP contribution in [0.25, 0.3) is 0 Å². The quantitative estimate of drug-likeness (QED) is 0.724. The Morgan fingerprint density at radius 1 is 1.11 bits per heavy atom. The van der Waals surface area contributed by atoms with Gasteiger partial charge in [-0.1, -0.05) is 54.1 Å². The van der Waals surface area contributed by atoms with Crippen molar-refractivity contribution in [3.05, 3.63) is 82.1 Å². The summed E-state index contributed by atoms with van der Waals surface area (Å²) >= 11 is 1.64. The number of hydrogen-bond donors (Lipinski definition) is 2. The molecule has 146 valence electrons. The highest BCUT2D eigenvalue weighted by molar-refractivity contribution is 7.98. The maximum atomic E-state index is 12.6. The van der Waals surface area contributed by atoms with Crippen LogP contribution in [-0.2, 0) is 15.3 Å². The Labute approximate surface area is 169 Å². The summed E-state index contributed by atoms with van der Waals surface area (Å²) in [6.45, 7) is 3.96. The largest absolute Gasteiger partial charge is 0.466 e. The minimum Gasteiger partial charge on any atom is -0.466 e. The van der Waals surface area contributed by atoms with Crippen molar-refractivity contribution in [3.8, 4) is 0 Å². The van der Waals surface area contributed by atoms with E-state index in [9.17, 15) is 9.59 Å². The van der Waals surface area contributed by atoms with Gasteiger partial charge in [-0.3, -0.25) is 0 Å². The number of thioether (sulfide) groups is 1. The molecule has 3 rings (SSSR count). The zero-order valence-corrected chi connectivity index (χ0v) is 17.1. The molecule has 0 unspecified atom stereocenters. The van der Waals surface area contributed by atoms with Gasteiger partial charge in [0, 0.05) is 17.2 Å². The summed E-state index contributed by atoms with van der Waals surface area (Å²) < 4.78 is 5.04. The number of benzene rings is 2. The summed E-state index contributed by atoms with van der Waals surface area (Å²) in [7, 11) is 1.36. The number of esters is 1. The van der Waals surface area contributed by atoms with Gasteiger partial charge in [0.15, 0.2) is 0 Å². The Morgan fingerprint density at radius 3 is 2.57 bits per heavy atom. The molecule has 0 saturated heterocycles. The first-order valence-electron chi connectivity index (χ1n) is 9.07. The van der Waals surface area contributed by atoms with Gasteiger partial charge in [-0.2, -0.15) is 11.8 Å². The van der Waals surface area contributed by atoms with Crippen molar-refractivity contribution < 1.29 is 14.3 Å². The minimum atomic E-state index is -0.534. The number of hydrogen-bond acceptors (Lipinski definition) is 4. The number of amides is 2. The van der Waals surface area contributed by atoms with Crippen LogP contribution < -0.4 is 10.6 Å². The topological polar surface area (TPSA) is 67.4 Å². The molecular formula is C22H24N2O3S. The molecular weight excluding hydrogens is 372 g/mol. The third kappa shape index (κ3) is 4.57. The average molecular weight is 397 g/mol. The number of rotatable bonds is 6. The Hall–Kier alpha value is -2.73. The SMILES string of the molecule is COC(=O)C1=C(CSCc2ccccc2)NC(=O)N[C@H]1c1cc(C)ccc1C. The summed E-state index contributed by atoms with van der Waals surface area (Å²) in [5.74, 6) is 0.860. The number of carbonyl (C=O) groups excluding carboxylic acids is 2. The summed E-state index contributed by atoms with van der Waals surface area (Å²) in [5, 5.41) is 5.70. The highest BCUT2D eigenvalue weighted by Crippen LogP contribution is 2.31. The number of nitrogens with one attached hydrogen (secondary N) is 2. The van der Waals surface area contributed by atoms with E-state index < -0.39 is 12.0 Å². The first kappa shape index (κ1) is 20.0. The predicted molar refractivity (Wildman–Crippen MR) is 112 cm³/mol. The molecule has 0 bridgehead atoms. The fourth-order valence-electron chi connectivity index (χ4n) is 3.23. The zero-order valence-electron chi connectivity index (χ0n) is 16.2. The van der Waals surface area contributed by atoms with E-state index in [0.29, 0.717) is 17.0 Å². The lowest BCUT2D eigenvalue weighted by atomic mass is 9.91. The van der Waals surface area contributed by atoms with Gasteiger partial charge >= 0.3 is 12.0 Å². The van der Waals surface area contributed by atoms with Gasteiger partial charge < -0.3 is 15.4 Å². The van der Waals surface area contributed by atoms with Crippen LogP contribution in [0, 0.1) is 13.8 Å². The lowest BCUT2D eigenvalue weighted by Gasteiger charge is -2.30. The molecule has 1 heterocycles. The van der Waals surface area contributed by atoms with Crippen LogP contribution in [0.1, 0.15) is 28.3 Å². The van der Waals surface area contributed by atoms with E-state index >= 15 is 0 Å². The number of methoxy groups -OCH3 is 1. The highest BCUT2D eigenvalue weighted by atomic mass is 32.2. The van der Waals surface area contributed by atoms with Crippen molar-refractivity contribution in [3.63, 3.8) is 0 Å². The van der Waals surface area contributed by atoms with Gasteiger partial charge in [0.05, 0.1) is 18.7 Å². The van der Waals surface area contributed by atoms with E-state index in [1.165, 1.54) is 12.7 Å². The molecule has 0 aliphatic carbocycles. The van der Waals surface area contributed by atoms with Crippen molar-refractivity contribution in [2.75, 3.05) is 12.9 Å². The number of aryl methyl sites for hydroxylation is 2. The molecule has 0 radical (unpaired) electrons. The van der Waals surface area contributed by atoms with Crippen molar-refractivity contribution >= 4 is 23.8 Å². The molecule has 1 aliphatic heterocycles. The molecule has 0 spiro atoms. The summed E-state index contributed by atoms with van der Waals surface area (Å²) in [5.41, 5.74) is 5.23. The number of urea groups is 1. The van der Waals surface area contributed by atoms with Crippen LogP contribution in [0.2, 0.25) is 0 Å². The highest BCUT2D eigenvalue weighted by Gasteiger charge is 2.34. The van der Waals surface area contributed by atoms with Crippen LogP contribution in [-0.4, -0.2) is 24.9 Å². The van der Waals surface area contributed by atoms with Crippen molar-refractivity contribution in [1.29, 1.82) is 0 Å². The van der Waals surface area contributed by atoms with Crippen LogP contribution >= 0.6 is 11.8 Å². The maximum absolute atomic E-state index is 12.6. The molecule has 2 N–H and O–H groups in total. The van der Waals surface area contributed by atoms with Gasteiger partial charge in [0.1, 0.15) is 0 Å². The monoisotopic (exact) mass is 396 g/mol. The molecule has 6 heteroatoms. The molecule has 1 aliphatic rings. The summed E-state index contributed by atoms with van der Waals surface area (Å²) in [6, 6.07) is 15.3. The fourth-order valence-corrected chi connectivity index (χ4v) is 4.19. The van der Waals surface area contributed by atoms with Crippen LogP contribution in [0.3, 0.4) is 0 Å². The lowest BCUT2D eigenvalue weighted by Crippen LogP contribution is -2.46. The lowest BCUT2D eigenvalue weighted by molar-refractivity contribution is -0.136. The predicted octanol–water partition coefficient (Wildman–Crippen LogP) is 4.02. The van der Waals surface area contributed by atoms with Gasteiger partial charge in [-0.25, -0.2) is 9.59 Å². The zero-order chi connectivity index (χ0) is 20.1. The third-order valence-electron chi connectivity index (χ3n) is 4.66. The van der Waals surface area contributed by atoms with E-state index in [4.69, 9.17) is 4.74 Å². The molecule has 2 aromatic carbocycles. The average Bonchev–Trinajstić information content (AvgIpc) is 2.69. The molecule has 2 amide bonds. The van der Waals surface area contributed by atoms with E-state index in [-0.39, 0.29) is 6.03 Å². The van der Waals surface area contributed by atoms with Gasteiger partial charge in [-0.05, 0) is 30.5 Å². The van der Waals surface area contributed by atoms with Crippen molar-refractivity contribution in [2.45, 2.75) is 25.6 Å². The Kier molecular flexibility index (Phi) is 6.41. The third-order valence-corrected chi connectivity index (χ3v) is 5.69. The molecule has 1 atom stereocenters. The Bertz CT molecular complexity index is 909. The normalized spacial score (nSPS) is 16.4. The van der Waals surface area contributed by atoms with E-state index in [0.717, 1.165) is 22.4 Å². The van der Waals surface area contributed by atoms with Crippen LogP contribution in [0.15, 0.2) is 59.8 Å². The van der Waals surface area contributed by atoms with Gasteiger partial charge in [0.25, 0.3) is 0 Å². The molecule has 0 fully saturated rings. The standard InChI is InChI=1S/C22H24N2O3S/c1-14-9-10-15(2)17(11-14)20-19(21(25)27-3)18(23-22(26)24-20)13-28-12-16-7-5-4-6-8-16/h4-11,20H,12-13H2,1-3H3,(H2,23,24,26)/t20-/m0/s1. The van der Waals surface area contributed by atoms with E-state index in [2.05, 4.69) is 22.8 Å². The molecule has 28 heavy (non-hydrogen) atoms. The summed E-state index contributed by atoms with van der Waals surface area (Å²) in [4.78, 5) is 24.9. The molecule has 2 aromatic rings. The Balaban J connectivity index is 1.92. The maximum Gasteiger partial charge on any atom is 0.338 e. The minimum absolute atomic E-state index is 0.311. The summed E-state index contributed by atoms with van der Waals surface area (Å²) in [6.07, 6.45) is 0. The van der Waals surface area contributed by atoms with E-state index in [1.54, 1.807) is 11.8 Å². The second-order valence-electron chi connectivity index (χ2n) is 6.75. The number of carbonyl (C=O) groups is 2. The van der Waals surface area contributed by atoms with Gasteiger partial charge in [0.2, 0.25) is 0 Å². The van der Waals surface area contributed by atoms with Gasteiger partial charge in [-0.15, -0.1) is 0 Å². The van der Waals surface area contributed by atoms with E-state index in [1.807, 2.05) is 50.2 Å². The molecule has 5 nitrogen and oxygen atoms in total. The second-order valence-corrected chi connectivity index (χ2v) is 7.74. The smallest absolute Gasteiger partial charge is 0.338 e. The molecule has 0 saturated carbocycles. The Morgan fingerprint density at radius 2 is 1.86 bits per heavy atom. The fraction of sp³-hybridized carbons (Fsp3) is 0.273. The first-order chi connectivity index (χ1) is 13.5. The van der Waals surface area contributed by atoms with Crippen LogP contribution in [0.5, 0.6) is 0 Å². The first-order valence-corrected chi connectivity index (χ1v) is 10.2. The number of ether oxygens (including phenoxy) is 1. The van der Waals surface area contributed by atoms with Crippen molar-refractivity contribution in [2.24, 2.45) is 0 Å². The van der Waals surface area contributed by atoms with Crippen molar-refractivity contribution in [1.82, 2.24) is 10.6 Å². The molecule has 0 aromatic heterocycles. The van der Waals surface area contributed by atoms with Crippen LogP contribution in [0.4, 0.5) is 4.79 Å².